The molecule has 0 atom stereocenters. The van der Waals surface area contributed by atoms with Crippen molar-refractivity contribution in [2.45, 2.75) is 25.8 Å². The molecule has 3 aromatic rings. The van der Waals surface area contributed by atoms with Gasteiger partial charge in [-0.05, 0) is 37.5 Å². The van der Waals surface area contributed by atoms with E-state index in [9.17, 15) is 9.18 Å². The smallest absolute Gasteiger partial charge is 0.340 e. The normalized spacial score (nSPS) is 15.1. The van der Waals surface area contributed by atoms with Gasteiger partial charge in [0.2, 0.25) is 5.95 Å². The Bertz CT molecular complexity index is 1040. The molecule has 3 heterocycles. The van der Waals surface area contributed by atoms with Gasteiger partial charge in [0.05, 0.1) is 24.9 Å². The molecule has 8 nitrogen and oxygen atoms in total. The highest BCUT2D eigenvalue weighted by atomic mass is 19.1. The van der Waals surface area contributed by atoms with Crippen molar-refractivity contribution in [2.75, 3.05) is 25.6 Å². The molecule has 0 spiro atoms. The number of anilines is 2. The number of hydrogen-bond acceptors (Lipinski definition) is 6. The zero-order valence-corrected chi connectivity index (χ0v) is 16.0. The van der Waals surface area contributed by atoms with Gasteiger partial charge in [-0.2, -0.15) is 4.98 Å². The summed E-state index contributed by atoms with van der Waals surface area (Å²) >= 11 is 0. The zero-order valence-electron chi connectivity index (χ0n) is 16.0. The van der Waals surface area contributed by atoms with Gasteiger partial charge in [0, 0.05) is 25.9 Å². The summed E-state index contributed by atoms with van der Waals surface area (Å²) in [7, 11) is 3.21. The first-order valence-electron chi connectivity index (χ1n) is 9.12. The average Bonchev–Trinajstić information content (AvgIpc) is 2.70. The first kappa shape index (κ1) is 18.4. The van der Waals surface area contributed by atoms with Crippen molar-refractivity contribution < 1.29 is 18.7 Å². The van der Waals surface area contributed by atoms with Crippen LogP contribution >= 0.6 is 0 Å². The van der Waals surface area contributed by atoms with Crippen LogP contribution in [0.25, 0.3) is 11.2 Å². The van der Waals surface area contributed by atoms with Crippen LogP contribution in [0.1, 0.15) is 34.8 Å². The number of hydrogen-bond donors (Lipinski definition) is 1. The highest BCUT2D eigenvalue weighted by Crippen LogP contribution is 2.29. The number of halogens is 1. The molecule has 148 valence electrons. The van der Waals surface area contributed by atoms with Crippen molar-refractivity contribution in [1.29, 1.82) is 0 Å². The van der Waals surface area contributed by atoms with Gasteiger partial charge in [0.1, 0.15) is 11.3 Å². The quantitative estimate of drug-likeness (QED) is 0.693. The minimum absolute atomic E-state index is 0.101. The Kier molecular flexibility index (Phi) is 4.76. The molecule has 28 heavy (non-hydrogen) atoms. The van der Waals surface area contributed by atoms with Crippen molar-refractivity contribution in [3.05, 3.63) is 35.3 Å². The molecule has 0 radical (unpaired) electrons. The van der Waals surface area contributed by atoms with Crippen molar-refractivity contribution in [3.63, 3.8) is 0 Å². The summed E-state index contributed by atoms with van der Waals surface area (Å²) in [6.45, 7) is 3.26. The average molecular weight is 387 g/mol. The molecule has 0 saturated carbocycles. The second kappa shape index (κ2) is 7.23. The minimum Gasteiger partial charge on any atom is -0.465 e. The van der Waals surface area contributed by atoms with Crippen LogP contribution in [0.2, 0.25) is 0 Å². The van der Waals surface area contributed by atoms with E-state index in [2.05, 4.69) is 24.7 Å². The van der Waals surface area contributed by atoms with Crippen molar-refractivity contribution in [2.24, 2.45) is 7.05 Å². The fraction of sp³-hybridized carbons (Fsp3) is 0.421. The molecule has 1 aliphatic heterocycles. The monoisotopic (exact) mass is 387 g/mol. The summed E-state index contributed by atoms with van der Waals surface area (Å²) in [5.41, 5.74) is 2.87. The second-order valence-corrected chi connectivity index (χ2v) is 6.88. The first-order chi connectivity index (χ1) is 13.5. The van der Waals surface area contributed by atoms with Gasteiger partial charge in [-0.15, -0.1) is 0 Å². The van der Waals surface area contributed by atoms with Crippen molar-refractivity contribution in [3.8, 4) is 0 Å². The van der Waals surface area contributed by atoms with E-state index in [1.54, 1.807) is 13.1 Å². The fourth-order valence-corrected chi connectivity index (χ4v) is 3.59. The van der Waals surface area contributed by atoms with E-state index in [0.29, 0.717) is 23.2 Å². The molecule has 1 fully saturated rings. The van der Waals surface area contributed by atoms with Gasteiger partial charge in [-0.3, -0.25) is 9.36 Å². The van der Waals surface area contributed by atoms with Crippen LogP contribution in [0, 0.1) is 12.7 Å². The lowest BCUT2D eigenvalue weighted by Crippen LogP contribution is -2.30. The topological polar surface area (TPSA) is 83.2 Å². The number of carbonyl (C=O) groups is 1. The maximum Gasteiger partial charge on any atom is 0.340 e. The number of methoxy groups -OCH3 is 1. The summed E-state index contributed by atoms with van der Waals surface area (Å²) in [6, 6.07) is 3.05. The molecule has 0 bridgehead atoms. The Balaban J connectivity index is 1.63. The van der Waals surface area contributed by atoms with Gasteiger partial charge in [-0.1, -0.05) is 0 Å². The predicted octanol–water partition coefficient (Wildman–Crippen LogP) is 3.10. The Morgan fingerprint density at radius 3 is 2.82 bits per heavy atom. The number of ether oxygens (including phenoxy) is 2. The van der Waals surface area contributed by atoms with Gasteiger partial charge < -0.3 is 14.8 Å². The summed E-state index contributed by atoms with van der Waals surface area (Å²) < 4.78 is 28.5. The van der Waals surface area contributed by atoms with E-state index in [0.717, 1.165) is 37.2 Å². The summed E-state index contributed by atoms with van der Waals surface area (Å²) in [5, 5.41) is 3.05. The molecule has 1 aromatic carbocycles. The fourth-order valence-electron chi connectivity index (χ4n) is 3.59. The molecule has 0 unspecified atom stereocenters. The van der Waals surface area contributed by atoms with E-state index < -0.39 is 11.8 Å². The highest BCUT2D eigenvalue weighted by Gasteiger charge is 2.24. The molecular weight excluding hydrogens is 365 g/mol. The Hall–Kier alpha value is -2.94. The number of benzene rings is 1. The van der Waals surface area contributed by atoms with Crippen molar-refractivity contribution >= 4 is 28.8 Å². The molecule has 0 amide bonds. The lowest BCUT2D eigenvalue weighted by atomic mass is 10.1. The van der Waals surface area contributed by atoms with Crippen LogP contribution < -0.4 is 5.32 Å². The molecular formula is C19H22FN5O3. The minimum atomic E-state index is -0.709. The van der Waals surface area contributed by atoms with E-state index in [4.69, 9.17) is 4.74 Å². The largest absolute Gasteiger partial charge is 0.465 e. The molecule has 1 N–H and O–H groups in total. The molecule has 4 rings (SSSR count). The maximum atomic E-state index is 14.3. The number of esters is 1. The van der Waals surface area contributed by atoms with E-state index in [-0.39, 0.29) is 5.56 Å². The number of aromatic nitrogens is 4. The SMILES string of the molecule is COC(=O)c1cc(C)c(Nc2ncc3c(n2)n(C2CCOCC2)n3C)cc1F. The number of nitrogens with zero attached hydrogens (tertiary/aromatic N) is 4. The second-order valence-electron chi connectivity index (χ2n) is 6.88. The van der Waals surface area contributed by atoms with E-state index in [1.807, 2.05) is 11.7 Å². The predicted molar refractivity (Wildman–Crippen MR) is 101 cm³/mol. The zero-order chi connectivity index (χ0) is 19.8. The Morgan fingerprint density at radius 2 is 2.11 bits per heavy atom. The van der Waals surface area contributed by atoms with E-state index >= 15 is 0 Å². The van der Waals surface area contributed by atoms with Crippen LogP contribution in [0.15, 0.2) is 18.3 Å². The van der Waals surface area contributed by atoms with E-state index in [1.165, 1.54) is 19.2 Å². The lowest BCUT2D eigenvalue weighted by molar-refractivity contribution is 0.0595. The molecule has 0 aliphatic carbocycles. The summed E-state index contributed by atoms with van der Waals surface area (Å²) in [4.78, 5) is 20.6. The highest BCUT2D eigenvalue weighted by molar-refractivity contribution is 5.90. The molecule has 1 aliphatic rings. The number of aryl methyl sites for hydroxylation is 2. The third kappa shape index (κ3) is 3.11. The van der Waals surface area contributed by atoms with Crippen LogP contribution in [-0.2, 0) is 16.5 Å². The molecule has 1 saturated heterocycles. The third-order valence-corrected chi connectivity index (χ3v) is 5.14. The lowest BCUT2D eigenvalue weighted by Gasteiger charge is -2.32. The van der Waals surface area contributed by atoms with Gasteiger partial charge >= 0.3 is 5.97 Å². The Morgan fingerprint density at radius 1 is 1.36 bits per heavy atom. The van der Waals surface area contributed by atoms with Crippen LogP contribution in [0.5, 0.6) is 0 Å². The standard InChI is InChI=1S/C19H22FN5O3/c1-11-8-13(18(26)27-3)14(20)9-15(11)22-19-21-10-16-17(23-19)25(24(16)2)12-4-6-28-7-5-12/h8-10,12H,4-7H2,1-3H3,(H,21,22,23). The van der Waals surface area contributed by atoms with Crippen LogP contribution in [0.4, 0.5) is 16.0 Å². The van der Waals surface area contributed by atoms with Crippen LogP contribution in [0.3, 0.4) is 0 Å². The molecule has 9 heteroatoms. The third-order valence-electron chi connectivity index (χ3n) is 5.14. The molecule has 2 aromatic heterocycles. The summed E-state index contributed by atoms with van der Waals surface area (Å²) in [6.07, 6.45) is 3.63. The first-order valence-corrected chi connectivity index (χ1v) is 9.12. The van der Waals surface area contributed by atoms with Gasteiger partial charge in [0.25, 0.3) is 0 Å². The van der Waals surface area contributed by atoms with Gasteiger partial charge in [-0.25, -0.2) is 14.2 Å². The number of fused-ring (bicyclic) bond motifs is 1. The van der Waals surface area contributed by atoms with Gasteiger partial charge in [0.15, 0.2) is 5.65 Å². The number of nitrogens with one attached hydrogen (secondary N) is 1. The van der Waals surface area contributed by atoms with Crippen molar-refractivity contribution in [1.82, 2.24) is 19.3 Å². The van der Waals surface area contributed by atoms with Crippen LogP contribution in [-0.4, -0.2) is 45.6 Å². The maximum absolute atomic E-state index is 14.3. The number of rotatable bonds is 4. The Labute approximate surface area is 161 Å². The number of carbonyl (C=O) groups excluding carboxylic acids is 1. The summed E-state index contributed by atoms with van der Waals surface area (Å²) in [5.74, 6) is -0.996.